The maximum atomic E-state index is 6.26. The normalized spacial score (nSPS) is 42.7. The van der Waals surface area contributed by atoms with Crippen molar-refractivity contribution in [1.82, 2.24) is 0 Å². The molecule has 7 heteroatoms. The Labute approximate surface area is 141 Å². The van der Waals surface area contributed by atoms with Crippen molar-refractivity contribution in [2.24, 2.45) is 46.1 Å². The monoisotopic (exact) mass is 329 g/mol. The zero-order valence-corrected chi connectivity index (χ0v) is 14.4. The van der Waals surface area contributed by atoms with Crippen LogP contribution < -0.4 is 40.1 Å². The van der Waals surface area contributed by atoms with Crippen molar-refractivity contribution in [2.75, 3.05) is 6.54 Å². The molecule has 7 nitrogen and oxygen atoms in total. The maximum absolute atomic E-state index is 6.26. The first-order valence-corrected chi connectivity index (χ1v) is 9.07. The van der Waals surface area contributed by atoms with E-state index in [-0.39, 0.29) is 36.3 Å². The molecule has 0 aliphatic heterocycles. The lowest BCUT2D eigenvalue weighted by Gasteiger charge is -2.29. The second-order valence-electron chi connectivity index (χ2n) is 7.49. The van der Waals surface area contributed by atoms with Gasteiger partial charge < -0.3 is 40.1 Å². The van der Waals surface area contributed by atoms with E-state index in [1.807, 2.05) is 0 Å². The van der Waals surface area contributed by atoms with Gasteiger partial charge >= 0.3 is 0 Å². The van der Waals surface area contributed by atoms with Crippen molar-refractivity contribution < 1.29 is 0 Å². The van der Waals surface area contributed by atoms with Gasteiger partial charge in [-0.1, -0.05) is 0 Å². The number of rotatable bonds is 1. The van der Waals surface area contributed by atoms with Crippen LogP contribution in [0.25, 0.3) is 0 Å². The van der Waals surface area contributed by atoms with Gasteiger partial charge in [-0.05, 0) is 63.8 Å². The van der Waals surface area contributed by atoms with E-state index >= 15 is 0 Å². The van der Waals surface area contributed by atoms with Gasteiger partial charge in [0, 0.05) is 36.3 Å². The first kappa shape index (κ1) is 20.8. The van der Waals surface area contributed by atoms with Crippen LogP contribution >= 0.6 is 0 Å². The first-order valence-electron chi connectivity index (χ1n) is 9.07. The molecule has 1 aliphatic rings. The van der Waals surface area contributed by atoms with E-state index in [9.17, 15) is 0 Å². The van der Waals surface area contributed by atoms with Crippen LogP contribution in [0, 0.1) is 5.92 Å². The van der Waals surface area contributed by atoms with E-state index in [0.717, 1.165) is 51.4 Å². The highest BCUT2D eigenvalue weighted by molar-refractivity contribution is 4.88. The van der Waals surface area contributed by atoms with Gasteiger partial charge in [-0.15, -0.1) is 0 Å². The highest BCUT2D eigenvalue weighted by Gasteiger charge is 2.25. The fourth-order valence-corrected chi connectivity index (χ4v) is 3.44. The Kier molecular flexibility index (Phi) is 9.53. The minimum Gasteiger partial charge on any atom is -0.330 e. The molecular formula is C16H39N7. The highest BCUT2D eigenvalue weighted by Crippen LogP contribution is 2.18. The van der Waals surface area contributed by atoms with Crippen LogP contribution in [0.5, 0.6) is 0 Å². The van der Waals surface area contributed by atoms with Crippen LogP contribution in [0.15, 0.2) is 0 Å². The van der Waals surface area contributed by atoms with Gasteiger partial charge in [0.1, 0.15) is 0 Å². The SMILES string of the molecule is NCC1CCC(N)CC(N)CCC(N)CCC(N)C(N)[C@@H](N)C1. The Morgan fingerprint density at radius 3 is 1.70 bits per heavy atom. The second kappa shape index (κ2) is 10.6. The molecule has 14 N–H and O–H groups in total. The summed E-state index contributed by atoms with van der Waals surface area (Å²) in [5.74, 6) is 0.331. The van der Waals surface area contributed by atoms with Gasteiger partial charge in [-0.3, -0.25) is 0 Å². The minimum absolute atomic E-state index is 0.104. The van der Waals surface area contributed by atoms with E-state index in [2.05, 4.69) is 0 Å². The van der Waals surface area contributed by atoms with Gasteiger partial charge in [-0.2, -0.15) is 0 Å². The fraction of sp³-hybridized carbons (Fsp3) is 1.00. The standard InChI is InChI=1S/C16H39N7/c17-9-10-1-2-12(19)8-13(20)4-3-11(18)5-6-14(21)16(23)15(22)7-10/h10-16H,1-9,17-23H2/t10?,11?,12?,13?,14?,15-,16?/m0/s1. The summed E-state index contributed by atoms with van der Waals surface area (Å²) >= 11 is 0. The fourth-order valence-electron chi connectivity index (χ4n) is 3.44. The summed E-state index contributed by atoms with van der Waals surface area (Å²) in [5.41, 5.74) is 43.2. The summed E-state index contributed by atoms with van der Waals surface area (Å²) in [4.78, 5) is 0. The van der Waals surface area contributed by atoms with Crippen molar-refractivity contribution in [3.8, 4) is 0 Å². The van der Waals surface area contributed by atoms with E-state index < -0.39 is 0 Å². The van der Waals surface area contributed by atoms with Crippen LogP contribution in [0.2, 0.25) is 0 Å². The van der Waals surface area contributed by atoms with Gasteiger partial charge in [0.05, 0.1) is 0 Å². The average molecular weight is 330 g/mol. The summed E-state index contributed by atoms with van der Waals surface area (Å²) in [6.07, 6.45) is 6.92. The quantitative estimate of drug-likeness (QED) is 0.310. The Balaban J connectivity index is 2.70. The van der Waals surface area contributed by atoms with Gasteiger partial charge in [0.2, 0.25) is 0 Å². The molecule has 0 heterocycles. The van der Waals surface area contributed by atoms with Crippen LogP contribution in [0.4, 0.5) is 0 Å². The first-order chi connectivity index (χ1) is 10.8. The summed E-state index contributed by atoms with van der Waals surface area (Å²) in [6.45, 7) is 0.597. The molecule has 1 fully saturated rings. The molecule has 6 unspecified atom stereocenters. The topological polar surface area (TPSA) is 182 Å². The molecule has 0 aromatic rings. The molecule has 0 aromatic heterocycles. The third kappa shape index (κ3) is 7.89. The average Bonchev–Trinajstić information content (AvgIpc) is 2.52. The molecule has 0 saturated heterocycles. The summed E-state index contributed by atoms with van der Waals surface area (Å²) < 4.78 is 0. The molecule has 1 saturated carbocycles. The molecule has 0 bridgehead atoms. The number of hydrogen-bond acceptors (Lipinski definition) is 7. The Hall–Kier alpha value is -0.280. The van der Waals surface area contributed by atoms with Crippen LogP contribution in [0.1, 0.15) is 51.4 Å². The highest BCUT2D eigenvalue weighted by atomic mass is 14.9. The Morgan fingerprint density at radius 2 is 1.09 bits per heavy atom. The molecule has 0 radical (unpaired) electrons. The van der Waals surface area contributed by atoms with Crippen LogP contribution in [-0.2, 0) is 0 Å². The lowest BCUT2D eigenvalue weighted by Crippen LogP contribution is -2.54. The zero-order chi connectivity index (χ0) is 17.4. The van der Waals surface area contributed by atoms with Gasteiger partial charge in [0.25, 0.3) is 0 Å². The van der Waals surface area contributed by atoms with E-state index in [4.69, 9.17) is 40.1 Å². The largest absolute Gasteiger partial charge is 0.330 e. The van der Waals surface area contributed by atoms with Crippen LogP contribution in [0.3, 0.4) is 0 Å². The summed E-state index contributed by atoms with van der Waals surface area (Å²) in [5, 5.41) is 0. The third-order valence-corrected chi connectivity index (χ3v) is 5.26. The Morgan fingerprint density at radius 1 is 0.565 bits per heavy atom. The van der Waals surface area contributed by atoms with E-state index in [0.29, 0.717) is 12.5 Å². The van der Waals surface area contributed by atoms with Crippen molar-refractivity contribution in [2.45, 2.75) is 87.6 Å². The van der Waals surface area contributed by atoms with Gasteiger partial charge in [-0.25, -0.2) is 0 Å². The lowest BCUT2D eigenvalue weighted by atomic mass is 9.87. The molecule has 1 rings (SSSR count). The maximum Gasteiger partial charge on any atom is 0.0346 e. The molecule has 7 atom stereocenters. The molecule has 0 aromatic carbocycles. The van der Waals surface area contributed by atoms with Gasteiger partial charge in [0.15, 0.2) is 0 Å². The van der Waals surface area contributed by atoms with Crippen LogP contribution in [-0.4, -0.2) is 42.8 Å². The predicted molar refractivity (Wildman–Crippen MR) is 97.3 cm³/mol. The predicted octanol–water partition coefficient (Wildman–Crippen LogP) is -1.34. The second-order valence-corrected chi connectivity index (χ2v) is 7.49. The minimum atomic E-state index is -0.225. The number of nitrogens with two attached hydrogens (primary N) is 7. The molecule has 1 aliphatic carbocycles. The Bertz CT molecular complexity index is 315. The smallest absolute Gasteiger partial charge is 0.0346 e. The zero-order valence-electron chi connectivity index (χ0n) is 14.4. The molecule has 23 heavy (non-hydrogen) atoms. The number of hydrogen-bond donors (Lipinski definition) is 7. The van der Waals surface area contributed by atoms with Crippen molar-refractivity contribution in [3.05, 3.63) is 0 Å². The van der Waals surface area contributed by atoms with Crippen molar-refractivity contribution >= 4 is 0 Å². The molecule has 0 amide bonds. The third-order valence-electron chi connectivity index (χ3n) is 5.26. The van der Waals surface area contributed by atoms with Crippen molar-refractivity contribution in [1.29, 1.82) is 0 Å². The molecular weight excluding hydrogens is 290 g/mol. The van der Waals surface area contributed by atoms with E-state index in [1.165, 1.54) is 0 Å². The molecule has 0 spiro atoms. The van der Waals surface area contributed by atoms with Crippen molar-refractivity contribution in [3.63, 3.8) is 0 Å². The summed E-state index contributed by atoms with van der Waals surface area (Å²) in [7, 11) is 0. The molecule has 138 valence electrons. The lowest BCUT2D eigenvalue weighted by molar-refractivity contribution is 0.329. The van der Waals surface area contributed by atoms with E-state index in [1.54, 1.807) is 0 Å². The summed E-state index contributed by atoms with van der Waals surface area (Å²) in [6, 6.07) is -0.178.